The summed E-state index contributed by atoms with van der Waals surface area (Å²) in [6.45, 7) is 1.31. The Balaban J connectivity index is 2.13. The first-order valence-electron chi connectivity index (χ1n) is 7.14. The maximum atomic E-state index is 11.6. The molecule has 2 rings (SSSR count). The number of nitrogens with zero attached hydrogens (tertiary/aromatic N) is 3. The predicted octanol–water partition coefficient (Wildman–Crippen LogP) is 1.07. The van der Waals surface area contributed by atoms with E-state index in [1.54, 1.807) is 13.3 Å². The van der Waals surface area contributed by atoms with E-state index in [-0.39, 0.29) is 0 Å². The van der Waals surface area contributed by atoms with E-state index in [0.29, 0.717) is 24.9 Å². The summed E-state index contributed by atoms with van der Waals surface area (Å²) < 4.78 is 5.25. The second-order valence-electron chi connectivity index (χ2n) is 5.64. The van der Waals surface area contributed by atoms with Crippen molar-refractivity contribution >= 4 is 5.97 Å². The predicted molar refractivity (Wildman–Crippen MR) is 79.3 cm³/mol. The Morgan fingerprint density at radius 3 is 2.95 bits per heavy atom. The molecule has 0 spiro atoms. The molecule has 0 bridgehead atoms. The monoisotopic (exact) mass is 293 g/mol. The van der Waals surface area contributed by atoms with Gasteiger partial charge in [0.1, 0.15) is 6.04 Å². The number of aliphatic carboxylic acids is 1. The van der Waals surface area contributed by atoms with Gasteiger partial charge >= 0.3 is 5.97 Å². The van der Waals surface area contributed by atoms with Gasteiger partial charge in [0.15, 0.2) is 0 Å². The number of hydrogen-bond donors (Lipinski definition) is 1. The molecule has 1 aromatic heterocycles. The highest BCUT2D eigenvalue weighted by molar-refractivity contribution is 5.73. The van der Waals surface area contributed by atoms with Crippen LogP contribution in [0, 0.1) is 0 Å². The van der Waals surface area contributed by atoms with Gasteiger partial charge in [-0.1, -0.05) is 6.07 Å². The number of carboxylic acids is 1. The molecule has 6 heteroatoms. The number of aromatic nitrogens is 1. The van der Waals surface area contributed by atoms with Crippen LogP contribution in [0.15, 0.2) is 18.3 Å². The first-order chi connectivity index (χ1) is 10.0. The summed E-state index contributed by atoms with van der Waals surface area (Å²) in [5.74, 6) is -0.194. The summed E-state index contributed by atoms with van der Waals surface area (Å²) in [4.78, 5) is 19.9. The standard InChI is InChI=1S/C15H23N3O3/c1-17(2)12-6-8-18(13(9-12)15(19)20)10-11-5-4-7-16-14(11)21-3/h4-5,7,12-13H,6,8-10H2,1-3H3,(H,19,20). The largest absolute Gasteiger partial charge is 0.481 e. The maximum absolute atomic E-state index is 11.6. The van der Waals surface area contributed by atoms with Crippen molar-refractivity contribution < 1.29 is 14.6 Å². The van der Waals surface area contributed by atoms with E-state index in [9.17, 15) is 9.90 Å². The summed E-state index contributed by atoms with van der Waals surface area (Å²) in [5, 5.41) is 9.51. The molecule has 2 heterocycles. The van der Waals surface area contributed by atoms with Crippen molar-refractivity contribution in [3.05, 3.63) is 23.9 Å². The molecule has 0 aliphatic carbocycles. The lowest BCUT2D eigenvalue weighted by molar-refractivity contribution is -0.145. The average Bonchev–Trinajstić information content (AvgIpc) is 2.47. The van der Waals surface area contributed by atoms with Crippen molar-refractivity contribution in [2.75, 3.05) is 27.7 Å². The van der Waals surface area contributed by atoms with Gasteiger partial charge in [0.2, 0.25) is 5.88 Å². The molecule has 1 aliphatic rings. The number of ether oxygens (including phenoxy) is 1. The molecule has 1 fully saturated rings. The zero-order valence-corrected chi connectivity index (χ0v) is 12.8. The van der Waals surface area contributed by atoms with Gasteiger partial charge in [0.05, 0.1) is 7.11 Å². The number of methoxy groups -OCH3 is 1. The molecule has 1 aliphatic heterocycles. The molecule has 1 saturated heterocycles. The maximum Gasteiger partial charge on any atom is 0.320 e. The van der Waals surface area contributed by atoms with E-state index in [1.165, 1.54) is 0 Å². The number of carbonyl (C=O) groups is 1. The van der Waals surface area contributed by atoms with Gasteiger partial charge in [0.25, 0.3) is 0 Å². The van der Waals surface area contributed by atoms with Gasteiger partial charge in [-0.3, -0.25) is 9.69 Å². The molecular formula is C15H23N3O3. The van der Waals surface area contributed by atoms with Crippen LogP contribution in [0.2, 0.25) is 0 Å². The minimum Gasteiger partial charge on any atom is -0.481 e. The number of carboxylic acid groups (broad SMARTS) is 1. The number of piperidine rings is 1. The summed E-state index contributed by atoms with van der Waals surface area (Å²) in [6.07, 6.45) is 3.29. The van der Waals surface area contributed by atoms with Gasteiger partial charge < -0.3 is 14.7 Å². The van der Waals surface area contributed by atoms with Gasteiger partial charge in [-0.15, -0.1) is 0 Å². The van der Waals surface area contributed by atoms with Crippen molar-refractivity contribution in [2.45, 2.75) is 31.5 Å². The number of rotatable bonds is 5. The Hall–Kier alpha value is -1.66. The summed E-state index contributed by atoms with van der Waals surface area (Å²) in [6, 6.07) is 3.64. The second kappa shape index (κ2) is 6.87. The van der Waals surface area contributed by atoms with Crippen molar-refractivity contribution in [3.8, 4) is 5.88 Å². The second-order valence-corrected chi connectivity index (χ2v) is 5.64. The zero-order chi connectivity index (χ0) is 15.4. The Bertz CT molecular complexity index is 493. The minimum atomic E-state index is -0.760. The van der Waals surface area contributed by atoms with Gasteiger partial charge in [-0.25, -0.2) is 4.98 Å². The molecule has 1 aromatic rings. The SMILES string of the molecule is COc1ncccc1CN1CCC(N(C)C)CC1C(=O)O. The molecule has 2 atom stereocenters. The normalized spacial score (nSPS) is 23.2. The molecule has 116 valence electrons. The van der Waals surface area contributed by atoms with E-state index in [2.05, 4.69) is 9.88 Å². The number of hydrogen-bond acceptors (Lipinski definition) is 5. The fourth-order valence-corrected chi connectivity index (χ4v) is 2.86. The Morgan fingerprint density at radius 1 is 1.57 bits per heavy atom. The number of pyridine rings is 1. The third kappa shape index (κ3) is 3.71. The van der Waals surface area contributed by atoms with E-state index in [1.807, 2.05) is 31.1 Å². The molecule has 1 N–H and O–H groups in total. The third-order valence-corrected chi connectivity index (χ3v) is 4.12. The van der Waals surface area contributed by atoms with E-state index < -0.39 is 12.0 Å². The van der Waals surface area contributed by atoms with Crippen LogP contribution in [0.1, 0.15) is 18.4 Å². The highest BCUT2D eigenvalue weighted by atomic mass is 16.5. The van der Waals surface area contributed by atoms with Crippen molar-refractivity contribution in [2.24, 2.45) is 0 Å². The fraction of sp³-hybridized carbons (Fsp3) is 0.600. The molecule has 0 amide bonds. The molecule has 21 heavy (non-hydrogen) atoms. The van der Waals surface area contributed by atoms with Crippen LogP contribution in [-0.4, -0.2) is 65.7 Å². The first-order valence-corrected chi connectivity index (χ1v) is 7.14. The van der Waals surface area contributed by atoms with E-state index >= 15 is 0 Å². The molecular weight excluding hydrogens is 270 g/mol. The molecule has 0 radical (unpaired) electrons. The van der Waals surface area contributed by atoms with Crippen molar-refractivity contribution in [1.82, 2.24) is 14.8 Å². The number of likely N-dealkylation sites (tertiary alicyclic amines) is 1. The minimum absolute atomic E-state index is 0.318. The Labute approximate surface area is 125 Å². The highest BCUT2D eigenvalue weighted by Crippen LogP contribution is 2.25. The van der Waals surface area contributed by atoms with Crippen molar-refractivity contribution in [1.29, 1.82) is 0 Å². The smallest absolute Gasteiger partial charge is 0.320 e. The van der Waals surface area contributed by atoms with Gasteiger partial charge in [-0.05, 0) is 33.0 Å². The zero-order valence-electron chi connectivity index (χ0n) is 12.8. The fourth-order valence-electron chi connectivity index (χ4n) is 2.86. The Morgan fingerprint density at radius 2 is 2.33 bits per heavy atom. The van der Waals surface area contributed by atoms with Gasteiger partial charge in [-0.2, -0.15) is 0 Å². The van der Waals surface area contributed by atoms with Crippen LogP contribution < -0.4 is 4.74 Å². The topological polar surface area (TPSA) is 65.9 Å². The van der Waals surface area contributed by atoms with Crippen LogP contribution in [0.5, 0.6) is 5.88 Å². The van der Waals surface area contributed by atoms with Gasteiger partial charge in [0, 0.05) is 30.9 Å². The summed E-state index contributed by atoms with van der Waals surface area (Å²) in [5.41, 5.74) is 0.926. The third-order valence-electron chi connectivity index (χ3n) is 4.12. The quantitative estimate of drug-likeness (QED) is 0.876. The lowest BCUT2D eigenvalue weighted by Gasteiger charge is -2.39. The van der Waals surface area contributed by atoms with E-state index in [4.69, 9.17) is 4.74 Å². The van der Waals surface area contributed by atoms with Crippen LogP contribution in [0.3, 0.4) is 0 Å². The summed E-state index contributed by atoms with van der Waals surface area (Å²) in [7, 11) is 5.59. The van der Waals surface area contributed by atoms with Crippen LogP contribution >= 0.6 is 0 Å². The highest BCUT2D eigenvalue weighted by Gasteiger charge is 2.34. The van der Waals surface area contributed by atoms with Crippen LogP contribution in [0.4, 0.5) is 0 Å². The molecule has 2 unspecified atom stereocenters. The first kappa shape index (κ1) is 15.7. The summed E-state index contributed by atoms with van der Waals surface area (Å²) >= 11 is 0. The molecule has 0 saturated carbocycles. The van der Waals surface area contributed by atoms with E-state index in [0.717, 1.165) is 18.5 Å². The average molecular weight is 293 g/mol. The lowest BCUT2D eigenvalue weighted by Crippen LogP contribution is -2.51. The van der Waals surface area contributed by atoms with Crippen LogP contribution in [-0.2, 0) is 11.3 Å². The molecule has 0 aromatic carbocycles. The lowest BCUT2D eigenvalue weighted by atomic mass is 9.96. The Kier molecular flexibility index (Phi) is 5.14. The molecule has 6 nitrogen and oxygen atoms in total. The van der Waals surface area contributed by atoms with Crippen LogP contribution in [0.25, 0.3) is 0 Å². The van der Waals surface area contributed by atoms with Crippen molar-refractivity contribution in [3.63, 3.8) is 0 Å².